The lowest BCUT2D eigenvalue weighted by Gasteiger charge is -2.14. The summed E-state index contributed by atoms with van der Waals surface area (Å²) in [6, 6.07) is 61.0. The number of benzene rings is 9. The van der Waals surface area contributed by atoms with E-state index in [9.17, 15) is 0 Å². The maximum absolute atomic E-state index is 2.54. The fourth-order valence-electron chi connectivity index (χ4n) is 9.08. The standard InChI is InChI=1S/C48H27NS/c1-2-14-32-28(11-1)23-24-40-44(32)46-39-18-6-8-22-42(39)50-48(46)47-45(40)38-17-5-7-21-41(38)49(47)30-13-9-12-29(27-30)31-25-26-37-34-16-4-3-15-33(34)36-20-10-19-35(31)43(36)37/h1-27H. The maximum atomic E-state index is 2.54. The van der Waals surface area contributed by atoms with Crippen LogP contribution in [0.3, 0.4) is 0 Å². The number of rotatable bonds is 2. The van der Waals surface area contributed by atoms with E-state index >= 15 is 0 Å². The lowest BCUT2D eigenvalue weighted by molar-refractivity contribution is 1.19. The third-order valence-corrected chi connectivity index (χ3v) is 12.3. The van der Waals surface area contributed by atoms with Crippen molar-refractivity contribution < 1.29 is 0 Å². The third kappa shape index (κ3) is 3.36. The van der Waals surface area contributed by atoms with Crippen LogP contribution in [0.4, 0.5) is 0 Å². The van der Waals surface area contributed by atoms with Gasteiger partial charge in [0.2, 0.25) is 0 Å². The second-order valence-corrected chi connectivity index (χ2v) is 14.6. The van der Waals surface area contributed by atoms with E-state index in [1.807, 2.05) is 11.3 Å². The summed E-state index contributed by atoms with van der Waals surface area (Å²) in [6.45, 7) is 0. The molecule has 2 heteroatoms. The Balaban J connectivity index is 1.21. The largest absolute Gasteiger partial charge is 0.308 e. The molecule has 0 saturated heterocycles. The van der Waals surface area contributed by atoms with E-state index in [0.717, 1.165) is 0 Å². The number of hydrogen-bond donors (Lipinski definition) is 0. The Morgan fingerprint density at radius 2 is 1.06 bits per heavy atom. The highest BCUT2D eigenvalue weighted by molar-refractivity contribution is 7.27. The van der Waals surface area contributed by atoms with Crippen LogP contribution in [0.15, 0.2) is 164 Å². The fourth-order valence-corrected chi connectivity index (χ4v) is 10.3. The highest BCUT2D eigenvalue weighted by Crippen LogP contribution is 2.51. The minimum absolute atomic E-state index is 1.18. The number of para-hydroxylation sites is 1. The van der Waals surface area contributed by atoms with E-state index < -0.39 is 0 Å². The average molecular weight is 650 g/mol. The van der Waals surface area contributed by atoms with Crippen molar-refractivity contribution in [3.8, 4) is 39.1 Å². The van der Waals surface area contributed by atoms with Gasteiger partial charge in [-0.15, -0.1) is 11.3 Å². The van der Waals surface area contributed by atoms with Gasteiger partial charge in [0.05, 0.1) is 15.7 Å². The van der Waals surface area contributed by atoms with E-state index in [1.165, 1.54) is 113 Å². The Labute approximate surface area is 291 Å². The Morgan fingerprint density at radius 3 is 1.96 bits per heavy atom. The minimum Gasteiger partial charge on any atom is -0.308 e. The van der Waals surface area contributed by atoms with Crippen molar-refractivity contribution in [2.45, 2.75) is 0 Å². The van der Waals surface area contributed by atoms with Crippen molar-refractivity contribution in [2.75, 3.05) is 0 Å². The SMILES string of the molecule is c1cc(-c2ccc3c4c(cccc24)-c2ccccc2-3)cc(-n2c3ccccc3c3c4ccc5ccccc5c4c4c5ccccc5sc4c32)c1. The molecule has 230 valence electrons. The maximum Gasteiger partial charge on any atom is 0.0726 e. The first-order valence-corrected chi connectivity index (χ1v) is 18.1. The summed E-state index contributed by atoms with van der Waals surface area (Å²) in [6.07, 6.45) is 0. The fraction of sp³-hybridized carbons (Fsp3) is 0. The van der Waals surface area contributed by atoms with Gasteiger partial charge in [-0.05, 0) is 90.0 Å². The molecule has 1 aliphatic carbocycles. The topological polar surface area (TPSA) is 4.93 Å². The first-order chi connectivity index (χ1) is 24.8. The molecule has 9 aromatic carbocycles. The predicted octanol–water partition coefficient (Wildman–Crippen LogP) is 13.9. The Hall–Kier alpha value is -6.22. The van der Waals surface area contributed by atoms with E-state index in [4.69, 9.17) is 0 Å². The zero-order valence-corrected chi connectivity index (χ0v) is 27.8. The van der Waals surface area contributed by atoms with Crippen molar-refractivity contribution in [2.24, 2.45) is 0 Å². The molecule has 0 bridgehead atoms. The molecule has 0 radical (unpaired) electrons. The first-order valence-electron chi connectivity index (χ1n) is 17.3. The zero-order chi connectivity index (χ0) is 32.5. The molecule has 1 nitrogen and oxygen atoms in total. The van der Waals surface area contributed by atoms with Crippen LogP contribution in [0.25, 0.3) is 113 Å². The molecular formula is C48H27NS. The molecule has 0 atom stereocenters. The number of thiophene rings is 1. The van der Waals surface area contributed by atoms with Gasteiger partial charge >= 0.3 is 0 Å². The molecule has 0 spiro atoms. The van der Waals surface area contributed by atoms with Crippen molar-refractivity contribution in [1.82, 2.24) is 4.57 Å². The Bertz CT molecular complexity index is 3240. The van der Waals surface area contributed by atoms with Gasteiger partial charge in [0.1, 0.15) is 0 Å². The summed E-state index contributed by atoms with van der Waals surface area (Å²) < 4.78 is 5.20. The summed E-state index contributed by atoms with van der Waals surface area (Å²) in [7, 11) is 0. The van der Waals surface area contributed by atoms with Crippen LogP contribution in [0.1, 0.15) is 0 Å². The second kappa shape index (κ2) is 9.69. The third-order valence-electron chi connectivity index (χ3n) is 11.1. The first kappa shape index (κ1) is 26.7. The van der Waals surface area contributed by atoms with Gasteiger partial charge < -0.3 is 4.57 Å². The highest BCUT2D eigenvalue weighted by Gasteiger charge is 2.24. The van der Waals surface area contributed by atoms with Gasteiger partial charge in [-0.3, -0.25) is 0 Å². The van der Waals surface area contributed by atoms with Crippen molar-refractivity contribution >= 4 is 85.6 Å². The highest BCUT2D eigenvalue weighted by atomic mass is 32.1. The number of aromatic nitrogens is 1. The summed E-state index contributed by atoms with van der Waals surface area (Å²) in [4.78, 5) is 0. The molecule has 12 rings (SSSR count). The average Bonchev–Trinajstić information content (AvgIpc) is 3.84. The number of hydrogen-bond acceptors (Lipinski definition) is 1. The second-order valence-electron chi connectivity index (χ2n) is 13.6. The molecule has 0 aliphatic heterocycles. The molecule has 1 aliphatic rings. The van der Waals surface area contributed by atoms with Crippen LogP contribution in [0.2, 0.25) is 0 Å². The molecule has 50 heavy (non-hydrogen) atoms. The van der Waals surface area contributed by atoms with Gasteiger partial charge in [-0.1, -0.05) is 140 Å². The van der Waals surface area contributed by atoms with Crippen molar-refractivity contribution in [3.63, 3.8) is 0 Å². The monoisotopic (exact) mass is 649 g/mol. The molecule has 0 N–H and O–H groups in total. The summed E-state index contributed by atoms with van der Waals surface area (Å²) in [5, 5.41) is 13.2. The van der Waals surface area contributed by atoms with Crippen LogP contribution < -0.4 is 0 Å². The van der Waals surface area contributed by atoms with E-state index in [-0.39, 0.29) is 0 Å². The van der Waals surface area contributed by atoms with Crippen LogP contribution in [0, 0.1) is 0 Å². The molecule has 0 fully saturated rings. The van der Waals surface area contributed by atoms with Crippen LogP contribution >= 0.6 is 11.3 Å². The van der Waals surface area contributed by atoms with Crippen molar-refractivity contribution in [3.05, 3.63) is 164 Å². The number of fused-ring (bicyclic) bond motifs is 15. The van der Waals surface area contributed by atoms with E-state index in [2.05, 4.69) is 168 Å². The van der Waals surface area contributed by atoms with Crippen LogP contribution in [0.5, 0.6) is 0 Å². The molecule has 11 aromatic rings. The smallest absolute Gasteiger partial charge is 0.0726 e. The molecule has 2 heterocycles. The summed E-state index contributed by atoms with van der Waals surface area (Å²) in [5.41, 5.74) is 11.5. The summed E-state index contributed by atoms with van der Waals surface area (Å²) >= 11 is 1.92. The summed E-state index contributed by atoms with van der Waals surface area (Å²) in [5.74, 6) is 0. The zero-order valence-electron chi connectivity index (χ0n) is 26.9. The lowest BCUT2D eigenvalue weighted by Crippen LogP contribution is -1.95. The van der Waals surface area contributed by atoms with Crippen LogP contribution in [-0.2, 0) is 0 Å². The minimum atomic E-state index is 1.18. The van der Waals surface area contributed by atoms with E-state index in [1.54, 1.807) is 0 Å². The number of nitrogens with zero attached hydrogens (tertiary/aromatic N) is 1. The van der Waals surface area contributed by atoms with Gasteiger partial charge in [-0.2, -0.15) is 0 Å². The van der Waals surface area contributed by atoms with Gasteiger partial charge in [0.15, 0.2) is 0 Å². The molecule has 2 aromatic heterocycles. The van der Waals surface area contributed by atoms with Gasteiger partial charge in [0, 0.05) is 31.9 Å². The Morgan fingerprint density at radius 1 is 0.380 bits per heavy atom. The molecular weight excluding hydrogens is 623 g/mol. The normalized spacial score (nSPS) is 12.4. The predicted molar refractivity (Wildman–Crippen MR) is 216 cm³/mol. The van der Waals surface area contributed by atoms with E-state index in [0.29, 0.717) is 0 Å². The van der Waals surface area contributed by atoms with Gasteiger partial charge in [0.25, 0.3) is 0 Å². The van der Waals surface area contributed by atoms with Crippen LogP contribution in [-0.4, -0.2) is 4.57 Å². The van der Waals surface area contributed by atoms with Crippen molar-refractivity contribution in [1.29, 1.82) is 0 Å². The Kier molecular flexibility index (Phi) is 5.18. The lowest BCUT2D eigenvalue weighted by atomic mass is 9.94. The quantitative estimate of drug-likeness (QED) is 0.164. The molecule has 0 unspecified atom stereocenters. The van der Waals surface area contributed by atoms with Gasteiger partial charge in [-0.25, -0.2) is 0 Å². The molecule has 0 saturated carbocycles. The molecule has 0 amide bonds.